The molecule has 2 nitrogen and oxygen atoms in total. The maximum atomic E-state index is 12.3. The summed E-state index contributed by atoms with van der Waals surface area (Å²) >= 11 is 5.13. The number of thioether (sulfide) groups is 1. The fraction of sp³-hybridized carbons (Fsp3) is 0.278. The zero-order valence-corrected chi connectivity index (χ0v) is 15.0. The van der Waals surface area contributed by atoms with E-state index in [9.17, 15) is 4.79 Å². The summed E-state index contributed by atoms with van der Waals surface area (Å²) in [5.41, 5.74) is 3.47. The zero-order chi connectivity index (χ0) is 15.7. The van der Waals surface area contributed by atoms with Gasteiger partial charge in [0.25, 0.3) is 0 Å². The molecule has 0 aromatic heterocycles. The van der Waals surface area contributed by atoms with Gasteiger partial charge in [0, 0.05) is 10.2 Å². The summed E-state index contributed by atoms with van der Waals surface area (Å²) in [6.45, 7) is 4.38. The molecular formula is C18H18BrNOS. The van der Waals surface area contributed by atoms with Crippen LogP contribution < -0.4 is 4.90 Å². The third-order valence-corrected chi connectivity index (χ3v) is 5.60. The van der Waals surface area contributed by atoms with E-state index >= 15 is 0 Å². The Morgan fingerprint density at radius 1 is 1.09 bits per heavy atom. The van der Waals surface area contributed by atoms with Crippen molar-refractivity contribution >= 4 is 39.3 Å². The van der Waals surface area contributed by atoms with E-state index in [-0.39, 0.29) is 11.3 Å². The molecule has 2 aromatic rings. The average Bonchev–Trinajstić information content (AvgIpc) is 2.90. The Morgan fingerprint density at radius 3 is 2.32 bits per heavy atom. The minimum absolute atomic E-state index is 0.0647. The van der Waals surface area contributed by atoms with E-state index in [4.69, 9.17) is 0 Å². The van der Waals surface area contributed by atoms with E-state index in [2.05, 4.69) is 54.0 Å². The van der Waals surface area contributed by atoms with Crippen LogP contribution in [0.25, 0.3) is 0 Å². The van der Waals surface area contributed by atoms with Crippen molar-refractivity contribution in [2.24, 2.45) is 0 Å². The average molecular weight is 376 g/mol. The van der Waals surface area contributed by atoms with Crippen molar-refractivity contribution < 1.29 is 4.79 Å². The van der Waals surface area contributed by atoms with Gasteiger partial charge in [0.05, 0.1) is 5.75 Å². The standard InChI is InChI=1S/C18H18BrNOS/c1-12(2)13-3-5-14(6-4-13)18-20(17(21)11-22-18)16-9-7-15(19)8-10-16/h3-10,12,18H,11H2,1-2H3. The highest BCUT2D eigenvalue weighted by atomic mass is 79.9. The first-order chi connectivity index (χ1) is 10.6. The molecule has 4 heteroatoms. The summed E-state index contributed by atoms with van der Waals surface area (Å²) in [5.74, 6) is 1.23. The predicted octanol–water partition coefficient (Wildman–Crippen LogP) is 5.35. The van der Waals surface area contributed by atoms with Crippen LogP contribution in [0.3, 0.4) is 0 Å². The van der Waals surface area contributed by atoms with Crippen molar-refractivity contribution in [2.45, 2.75) is 25.1 Å². The van der Waals surface area contributed by atoms with E-state index < -0.39 is 0 Å². The van der Waals surface area contributed by atoms with Gasteiger partial charge in [-0.3, -0.25) is 9.69 Å². The number of nitrogens with zero attached hydrogens (tertiary/aromatic N) is 1. The maximum absolute atomic E-state index is 12.3. The van der Waals surface area contributed by atoms with Crippen LogP contribution in [-0.2, 0) is 4.79 Å². The summed E-state index contributed by atoms with van der Waals surface area (Å²) in [4.78, 5) is 14.2. The lowest BCUT2D eigenvalue weighted by Crippen LogP contribution is -2.27. The molecule has 0 saturated carbocycles. The van der Waals surface area contributed by atoms with E-state index in [1.807, 2.05) is 29.2 Å². The third-order valence-electron chi connectivity index (χ3n) is 3.86. The minimum atomic E-state index is 0.0647. The van der Waals surface area contributed by atoms with Crippen LogP contribution in [0.1, 0.15) is 36.3 Å². The van der Waals surface area contributed by atoms with E-state index in [0.717, 1.165) is 10.2 Å². The quantitative estimate of drug-likeness (QED) is 0.720. The topological polar surface area (TPSA) is 20.3 Å². The highest BCUT2D eigenvalue weighted by molar-refractivity contribution is 9.10. The van der Waals surface area contributed by atoms with Crippen molar-refractivity contribution in [1.29, 1.82) is 0 Å². The number of hydrogen-bond donors (Lipinski definition) is 0. The van der Waals surface area contributed by atoms with Crippen molar-refractivity contribution in [1.82, 2.24) is 0 Å². The van der Waals surface area contributed by atoms with Crippen LogP contribution in [0.15, 0.2) is 53.0 Å². The second kappa shape index (κ2) is 6.47. The van der Waals surface area contributed by atoms with Crippen LogP contribution in [-0.4, -0.2) is 11.7 Å². The molecule has 0 spiro atoms. The number of halogens is 1. The Morgan fingerprint density at radius 2 is 1.73 bits per heavy atom. The zero-order valence-electron chi connectivity index (χ0n) is 12.6. The van der Waals surface area contributed by atoms with Crippen molar-refractivity contribution in [3.8, 4) is 0 Å². The SMILES string of the molecule is CC(C)c1ccc(C2SCC(=O)N2c2ccc(Br)cc2)cc1. The second-order valence-corrected chi connectivity index (χ2v) is 7.71. The first kappa shape index (κ1) is 15.6. The molecule has 0 bridgehead atoms. The normalized spacial score (nSPS) is 18.3. The third kappa shape index (κ3) is 3.08. The van der Waals surface area contributed by atoms with Crippen molar-refractivity contribution in [2.75, 3.05) is 10.7 Å². The number of carbonyl (C=O) groups excluding carboxylic acids is 1. The van der Waals surface area contributed by atoms with Crippen LogP contribution in [0.2, 0.25) is 0 Å². The smallest absolute Gasteiger partial charge is 0.238 e. The van der Waals surface area contributed by atoms with Gasteiger partial charge in [0.1, 0.15) is 5.37 Å². The lowest BCUT2D eigenvalue weighted by molar-refractivity contribution is -0.115. The van der Waals surface area contributed by atoms with Crippen LogP contribution >= 0.6 is 27.7 Å². The number of carbonyl (C=O) groups is 1. The number of amides is 1. The Hall–Kier alpha value is -1.26. The summed E-state index contributed by atoms with van der Waals surface area (Å²) in [6.07, 6.45) is 0. The summed E-state index contributed by atoms with van der Waals surface area (Å²) in [5, 5.41) is 0.0647. The van der Waals surface area contributed by atoms with Gasteiger partial charge in [0.15, 0.2) is 0 Å². The summed E-state index contributed by atoms with van der Waals surface area (Å²) in [6, 6.07) is 16.6. The molecule has 1 amide bonds. The molecule has 3 rings (SSSR count). The van der Waals surface area contributed by atoms with Gasteiger partial charge in [-0.15, -0.1) is 11.8 Å². The van der Waals surface area contributed by atoms with Crippen LogP contribution in [0.5, 0.6) is 0 Å². The fourth-order valence-electron chi connectivity index (χ4n) is 2.60. The van der Waals surface area contributed by atoms with E-state index in [0.29, 0.717) is 11.7 Å². The number of hydrogen-bond acceptors (Lipinski definition) is 2. The van der Waals surface area contributed by atoms with Gasteiger partial charge in [-0.2, -0.15) is 0 Å². The molecule has 1 atom stereocenters. The van der Waals surface area contributed by atoms with Crippen molar-refractivity contribution in [3.05, 3.63) is 64.1 Å². The molecular weight excluding hydrogens is 358 g/mol. The van der Waals surface area contributed by atoms with Gasteiger partial charge < -0.3 is 0 Å². The highest BCUT2D eigenvalue weighted by Crippen LogP contribution is 2.42. The first-order valence-electron chi connectivity index (χ1n) is 7.35. The Kier molecular flexibility index (Phi) is 4.59. The van der Waals surface area contributed by atoms with Crippen LogP contribution in [0.4, 0.5) is 5.69 Å². The molecule has 22 heavy (non-hydrogen) atoms. The largest absolute Gasteiger partial charge is 0.295 e. The molecule has 114 valence electrons. The molecule has 1 unspecified atom stereocenters. The lowest BCUT2D eigenvalue weighted by atomic mass is 10.0. The van der Waals surface area contributed by atoms with Gasteiger partial charge in [-0.1, -0.05) is 54.0 Å². The predicted molar refractivity (Wildman–Crippen MR) is 97.4 cm³/mol. The Bertz CT molecular complexity index is 666. The first-order valence-corrected chi connectivity index (χ1v) is 9.19. The van der Waals surface area contributed by atoms with Crippen molar-refractivity contribution in [3.63, 3.8) is 0 Å². The number of benzene rings is 2. The lowest BCUT2D eigenvalue weighted by Gasteiger charge is -2.24. The molecule has 1 saturated heterocycles. The van der Waals surface area contributed by atoms with Crippen LogP contribution in [0, 0.1) is 0 Å². The Labute approximate surface area is 144 Å². The number of anilines is 1. The molecule has 1 aliphatic rings. The molecule has 1 heterocycles. The summed E-state index contributed by atoms with van der Waals surface area (Å²) in [7, 11) is 0. The fourth-order valence-corrected chi connectivity index (χ4v) is 4.04. The summed E-state index contributed by atoms with van der Waals surface area (Å²) < 4.78 is 1.02. The van der Waals surface area contributed by atoms with Gasteiger partial charge in [-0.05, 0) is 41.3 Å². The number of rotatable bonds is 3. The van der Waals surface area contributed by atoms with Gasteiger partial charge in [-0.25, -0.2) is 0 Å². The van der Waals surface area contributed by atoms with E-state index in [1.165, 1.54) is 11.1 Å². The molecule has 1 fully saturated rings. The molecule has 0 aliphatic carbocycles. The maximum Gasteiger partial charge on any atom is 0.238 e. The highest BCUT2D eigenvalue weighted by Gasteiger charge is 2.33. The monoisotopic (exact) mass is 375 g/mol. The molecule has 1 aliphatic heterocycles. The van der Waals surface area contributed by atoms with Gasteiger partial charge >= 0.3 is 0 Å². The molecule has 2 aromatic carbocycles. The minimum Gasteiger partial charge on any atom is -0.295 e. The Balaban J connectivity index is 1.91. The second-order valence-electron chi connectivity index (χ2n) is 5.72. The molecule has 0 N–H and O–H groups in total. The van der Waals surface area contributed by atoms with E-state index in [1.54, 1.807) is 11.8 Å². The van der Waals surface area contributed by atoms with Gasteiger partial charge in [0.2, 0.25) is 5.91 Å². The molecule has 0 radical (unpaired) electrons.